The zero-order chi connectivity index (χ0) is 74.5. The maximum atomic E-state index is 14.1. The van der Waals surface area contributed by atoms with Crippen LogP contribution in [0.1, 0.15) is 255 Å². The summed E-state index contributed by atoms with van der Waals surface area (Å²) in [6.07, 6.45) is 28.6. The standard InChI is InChI=1S/C42H51NO2S5Si.C25H27S4Si.C14H17Br2NO2S.3CH3.FH.Sn/c1-6-9-12-13-14-15-22-43-41(44)36-28(5)47-38(37(36)42(43)45)33-24-35-40(50-33)39-34(23-27(4)46-39)51(35,25-31-20-18-29(48-31)16-10-7-2)26-32-21-19-30(49-32)17-11-8-3;1-4-6-8-18-10-12-22(28-18)30(23-13-11-19(29-23)9-7-5-2)20-14-15-26-24(20)25-21(30)16-17(3)27-25;1-2-3-4-5-6-7-8-17-13(18)9-10(14(17)19)12(16)20-11(9)15;;;;;/h18-21,23-24H,6-17,22,25-26H2,1-5H3;10-14,16H,4-9H2,1-3H3;2-8H2,1H3;3*1H3;1H;. The molecule has 4 amide bonds. The van der Waals surface area contributed by atoms with Crippen molar-refractivity contribution in [2.45, 2.75) is 243 Å². The smallest absolute Gasteiger partial charge is 0.269 e. The molecule has 10 aromatic heterocycles. The molecule has 106 heavy (non-hydrogen) atoms. The van der Waals surface area contributed by atoms with Crippen LogP contribution in [0.5, 0.6) is 0 Å². The normalized spacial score (nSPS) is 14.4. The number of hydrogen-bond acceptors (Lipinski definition) is 14. The van der Waals surface area contributed by atoms with Gasteiger partial charge in [0.25, 0.3) is 23.6 Å². The van der Waals surface area contributed by atoms with Gasteiger partial charge in [0.15, 0.2) is 0 Å². The van der Waals surface area contributed by atoms with Crippen LogP contribution in [-0.4, -0.2) is 81.0 Å². The van der Waals surface area contributed by atoms with Crippen molar-refractivity contribution in [3.63, 3.8) is 0 Å². The average Bonchev–Trinajstić information content (AvgIpc) is 1.53. The number of thiophene rings is 10. The number of aryl methyl sites for hydroxylation is 7. The maximum Gasteiger partial charge on any atom is -0.269 e. The Hall–Kier alpha value is -2.60. The van der Waals surface area contributed by atoms with Crippen molar-refractivity contribution in [1.29, 1.82) is 0 Å². The predicted octanol–water partition coefficient (Wildman–Crippen LogP) is 24.2. The molecule has 14 heterocycles. The van der Waals surface area contributed by atoms with Crippen LogP contribution in [0.2, 0.25) is 14.8 Å². The van der Waals surface area contributed by atoms with Crippen LogP contribution in [0.4, 0.5) is 4.70 Å². The Labute approximate surface area is 693 Å². The molecule has 0 unspecified atom stereocenters. The third-order valence-corrected chi connectivity index (χ3v) is 56.0. The summed E-state index contributed by atoms with van der Waals surface area (Å²) in [4.78, 5) is 84.4. The molecule has 0 saturated carbocycles. The van der Waals surface area contributed by atoms with Gasteiger partial charge in [0.2, 0.25) is 0 Å². The first-order valence-electron chi connectivity index (χ1n) is 38.8. The number of imide groups is 2. The van der Waals surface area contributed by atoms with E-state index in [0.717, 1.165) is 55.1 Å². The number of unbranched alkanes of at least 4 members (excludes halogenated alkanes) is 14. The molecule has 568 valence electrons. The fourth-order valence-electron chi connectivity index (χ4n) is 15.5. The van der Waals surface area contributed by atoms with Crippen LogP contribution in [0.15, 0.2) is 80.4 Å². The van der Waals surface area contributed by atoms with Gasteiger partial charge in [-0.3, -0.25) is 33.7 Å². The monoisotopic (exact) mass is 1880 g/mol. The van der Waals surface area contributed by atoms with Crippen molar-refractivity contribution in [2.24, 2.45) is 0 Å². The van der Waals surface area contributed by atoms with Crippen molar-refractivity contribution in [2.75, 3.05) is 13.1 Å². The first-order valence-corrected chi connectivity index (χ1v) is 63.0. The van der Waals surface area contributed by atoms with Gasteiger partial charge >= 0.3 is 229 Å². The Balaban J connectivity index is 0.000000175. The second kappa shape index (κ2) is 37.6. The van der Waals surface area contributed by atoms with Crippen LogP contribution in [0.3, 0.4) is 0 Å². The Morgan fingerprint density at radius 3 is 1.23 bits per heavy atom. The molecule has 14 rings (SSSR count). The first kappa shape index (κ1) is 84.3. The van der Waals surface area contributed by atoms with Gasteiger partial charge < -0.3 is 0 Å². The molecular formula is C84H105Br2FN2O4S10Si2Sn. The topological polar surface area (TPSA) is 74.8 Å². The number of carbonyl (C=O) groups excluding carboxylic acids is 4. The van der Waals surface area contributed by atoms with Crippen LogP contribution in [0.25, 0.3) is 29.3 Å². The van der Waals surface area contributed by atoms with E-state index in [0.29, 0.717) is 35.3 Å². The van der Waals surface area contributed by atoms with Crippen molar-refractivity contribution >= 4 is 236 Å². The van der Waals surface area contributed by atoms with E-state index in [4.69, 9.17) is 0 Å². The molecule has 4 aliphatic rings. The van der Waals surface area contributed by atoms with Gasteiger partial charge in [-0.25, -0.2) is 0 Å². The van der Waals surface area contributed by atoms with E-state index in [1.54, 1.807) is 68.4 Å². The summed E-state index contributed by atoms with van der Waals surface area (Å²) in [6, 6.07) is 32.2. The number of halogens is 3. The predicted molar refractivity (Wildman–Crippen MR) is 484 cm³/mol. The summed E-state index contributed by atoms with van der Waals surface area (Å²) < 4.78 is 6.58. The molecule has 0 spiro atoms. The van der Waals surface area contributed by atoms with Crippen molar-refractivity contribution in [3.8, 4) is 29.3 Å². The molecule has 22 heteroatoms. The van der Waals surface area contributed by atoms with E-state index in [1.807, 2.05) is 52.3 Å². The van der Waals surface area contributed by atoms with E-state index in [2.05, 4.69) is 220 Å². The van der Waals surface area contributed by atoms with Gasteiger partial charge in [-0.05, 0) is 143 Å². The van der Waals surface area contributed by atoms with Gasteiger partial charge in [-0.1, -0.05) is 105 Å². The number of fused-ring (bicyclic) bond motifs is 8. The Morgan fingerprint density at radius 1 is 0.368 bits per heavy atom. The van der Waals surface area contributed by atoms with Crippen molar-refractivity contribution in [3.05, 3.63) is 147 Å². The van der Waals surface area contributed by atoms with E-state index in [1.165, 1.54) is 189 Å². The van der Waals surface area contributed by atoms with E-state index in [9.17, 15) is 19.2 Å². The van der Waals surface area contributed by atoms with E-state index in [-0.39, 0.29) is 28.3 Å². The van der Waals surface area contributed by atoms with Gasteiger partial charge in [0, 0.05) is 57.0 Å². The number of amides is 4. The number of hydrogen-bond donors (Lipinski definition) is 0. The molecule has 0 fully saturated rings. The Morgan fingerprint density at radius 2 is 0.745 bits per heavy atom. The molecule has 0 bridgehead atoms. The molecule has 0 N–H and O–H groups in total. The SMILES string of the molecule is CCCCCCCCN1C(=O)c2c(Br)sc(Br)c2C1=O.CCCCCCCCN1C(=O)c2c(C)sc(-c3cc4c(s3)-c3sc(C)cc3[Si]4(Cc3ccc(CCCC)s3)Cc3ccc(CCCC)s3)c2C1=O.CCCCc1ccc([Si]2(c3ccc(CCCC)s3)c3cc(C)sc3-c3s[c]([Sn]([CH3])([CH3])[CH3])cc32)s1.F. The van der Waals surface area contributed by atoms with E-state index >= 15 is 0 Å². The van der Waals surface area contributed by atoms with Gasteiger partial charge in [-0.2, -0.15) is 0 Å². The van der Waals surface area contributed by atoms with Crippen molar-refractivity contribution < 1.29 is 23.9 Å². The fourth-order valence-corrected chi connectivity index (χ4v) is 51.4. The van der Waals surface area contributed by atoms with Crippen LogP contribution >= 0.6 is 145 Å². The maximum absolute atomic E-state index is 14.1. The summed E-state index contributed by atoms with van der Waals surface area (Å²) in [7, 11) is -4.50. The number of rotatable bonds is 34. The fraction of sp³-hybridized carbons (Fsp3) is 0.476. The molecule has 6 nitrogen and oxygen atoms in total. The minimum absolute atomic E-state index is 0. The van der Waals surface area contributed by atoms with Gasteiger partial charge in [0.1, 0.15) is 8.07 Å². The summed E-state index contributed by atoms with van der Waals surface area (Å²) in [5, 5.41) is 6.60. The van der Waals surface area contributed by atoms with Crippen LogP contribution < -0.4 is 32.6 Å². The second-order valence-electron chi connectivity index (χ2n) is 30.2. The quantitative estimate of drug-likeness (QED) is 0.0229. The minimum atomic E-state index is -2.29. The largest absolute Gasteiger partial charge is 0.269 e. The zero-order valence-corrected chi connectivity index (χ0v) is 80.2. The number of carbonyl (C=O) groups is 4. The molecular weight excluding hydrogens is 1780 g/mol. The molecule has 4 aliphatic heterocycles. The zero-order valence-electron chi connectivity index (χ0n) is 64.0. The third kappa shape index (κ3) is 17.5. The molecule has 10 aromatic rings. The third-order valence-electron chi connectivity index (χ3n) is 21.2. The van der Waals surface area contributed by atoms with Crippen LogP contribution in [-0.2, 0) is 37.8 Å². The number of nitrogens with zero attached hydrogens (tertiary/aromatic N) is 2. The average molecular weight is 1880 g/mol. The summed E-state index contributed by atoms with van der Waals surface area (Å²) in [5.74, 6) is -0.482. The minimum Gasteiger partial charge on any atom is -0.269 e. The molecule has 0 radical (unpaired) electrons. The molecule has 0 aliphatic carbocycles. The summed E-state index contributed by atoms with van der Waals surface area (Å²) in [6.45, 7) is 21.3. The van der Waals surface area contributed by atoms with Gasteiger partial charge in [0.05, 0.1) is 34.7 Å². The van der Waals surface area contributed by atoms with Gasteiger partial charge in [-0.15, -0.1) is 68.0 Å². The van der Waals surface area contributed by atoms with Crippen molar-refractivity contribution in [1.82, 2.24) is 9.80 Å². The summed E-state index contributed by atoms with van der Waals surface area (Å²) >= 11 is 24.0. The first-order chi connectivity index (χ1) is 50.6. The molecule has 0 saturated heterocycles. The second-order valence-corrected chi connectivity index (χ2v) is 68.3. The van der Waals surface area contributed by atoms with E-state index < -0.39 is 34.5 Å². The molecule has 0 atom stereocenters. The summed E-state index contributed by atoms with van der Waals surface area (Å²) in [5.41, 5.74) is 2.38. The Kier molecular flexibility index (Phi) is 29.9. The Bertz CT molecular complexity index is 4580. The van der Waals surface area contributed by atoms with Crippen LogP contribution in [0, 0.1) is 20.8 Å². The molecule has 0 aromatic carbocycles.